The lowest BCUT2D eigenvalue weighted by atomic mass is 9.89. The first-order valence-electron chi connectivity index (χ1n) is 17.0. The molecule has 0 atom stereocenters. The van der Waals surface area contributed by atoms with Crippen LogP contribution in [0.25, 0.3) is 64.8 Å². The molecule has 0 spiro atoms. The van der Waals surface area contributed by atoms with Crippen LogP contribution in [0.1, 0.15) is 24.0 Å². The van der Waals surface area contributed by atoms with Crippen LogP contribution in [0, 0.1) is 0 Å². The fourth-order valence-electron chi connectivity index (χ4n) is 6.91. The Morgan fingerprint density at radius 1 is 0.660 bits per heavy atom. The van der Waals surface area contributed by atoms with Gasteiger partial charge in [0.2, 0.25) is 0 Å². The maximum atomic E-state index is 6.54. The Labute approximate surface area is 296 Å². The number of hydrogen-bond donors (Lipinski definition) is 0. The molecule has 2 heteroatoms. The van der Waals surface area contributed by atoms with Crippen LogP contribution < -0.4 is 10.4 Å². The van der Waals surface area contributed by atoms with Gasteiger partial charge in [0.1, 0.15) is 11.3 Å². The smallest absolute Gasteiger partial charge is 0.136 e. The van der Waals surface area contributed by atoms with E-state index in [2.05, 4.69) is 147 Å². The first kappa shape index (κ1) is 31.3. The monoisotopic (exact) mass is 660 g/mol. The minimum absolute atomic E-state index is 0.839. The van der Waals surface area contributed by atoms with E-state index in [4.69, 9.17) is 11.0 Å². The van der Waals surface area contributed by atoms with Crippen molar-refractivity contribution >= 4 is 64.8 Å². The molecule has 0 amide bonds. The highest BCUT2D eigenvalue weighted by atomic mass is 32.1. The van der Waals surface area contributed by atoms with Gasteiger partial charge in [-0.05, 0) is 98.7 Å². The van der Waals surface area contributed by atoms with Gasteiger partial charge < -0.3 is 4.42 Å². The van der Waals surface area contributed by atoms with Gasteiger partial charge in [0.25, 0.3) is 0 Å². The quantitative estimate of drug-likeness (QED) is 0.155. The van der Waals surface area contributed by atoms with Crippen LogP contribution >= 0.6 is 11.3 Å². The van der Waals surface area contributed by atoms with Crippen LogP contribution in [-0.4, -0.2) is 0 Å². The molecule has 2 heterocycles. The van der Waals surface area contributed by atoms with Crippen molar-refractivity contribution in [2.24, 2.45) is 0 Å². The Balaban J connectivity index is 1.39. The van der Waals surface area contributed by atoms with E-state index in [1.807, 2.05) is 35.6 Å². The molecule has 0 radical (unpaired) electrons. The predicted octanol–water partition coefficient (Wildman–Crippen LogP) is 12.2. The summed E-state index contributed by atoms with van der Waals surface area (Å²) in [7, 11) is 0. The van der Waals surface area contributed by atoms with Crippen molar-refractivity contribution in [3.63, 3.8) is 0 Å². The normalized spacial score (nSPS) is 17.0. The summed E-state index contributed by atoms with van der Waals surface area (Å²) in [5.74, 6) is 0.839. The average molecular weight is 661 g/mol. The molecule has 8 rings (SSSR count). The molecule has 7 aromatic rings. The van der Waals surface area contributed by atoms with Crippen molar-refractivity contribution < 1.29 is 4.42 Å². The third kappa shape index (κ3) is 5.85. The van der Waals surface area contributed by atoms with Crippen LogP contribution in [0.3, 0.4) is 0 Å². The Hall–Kier alpha value is -5.96. The fourth-order valence-corrected chi connectivity index (χ4v) is 8.04. The number of thiophene rings is 1. The molecule has 50 heavy (non-hydrogen) atoms. The van der Waals surface area contributed by atoms with E-state index in [-0.39, 0.29) is 0 Å². The second-order valence-electron chi connectivity index (χ2n) is 12.6. The van der Waals surface area contributed by atoms with E-state index in [0.29, 0.717) is 0 Å². The van der Waals surface area contributed by atoms with Crippen molar-refractivity contribution in [1.29, 1.82) is 0 Å². The highest BCUT2D eigenvalue weighted by Gasteiger charge is 2.19. The van der Waals surface area contributed by atoms with E-state index in [1.165, 1.54) is 20.2 Å². The molecule has 0 saturated carbocycles. The zero-order chi connectivity index (χ0) is 34.0. The summed E-state index contributed by atoms with van der Waals surface area (Å²) in [6.07, 6.45) is 14.9. The molecule has 1 aliphatic carbocycles. The lowest BCUT2D eigenvalue weighted by Crippen LogP contribution is -2.29. The highest BCUT2D eigenvalue weighted by Crippen LogP contribution is 2.42. The molecule has 2 aromatic heterocycles. The topological polar surface area (TPSA) is 13.1 Å². The second-order valence-corrected chi connectivity index (χ2v) is 13.7. The van der Waals surface area contributed by atoms with Crippen LogP contribution in [0.15, 0.2) is 188 Å². The SMILES string of the molecule is C=C/C(=C\C(=C)C1=c2\cccc\c2=C(C(=C)c2cc3c(cc2-c2cc4ccccc4o2)sc2ccccc23)\C=C\CC\C=C\1)c1ccccc1. The molecule has 1 nitrogen and oxygen atoms in total. The second kappa shape index (κ2) is 13.5. The zero-order valence-electron chi connectivity index (χ0n) is 27.9. The van der Waals surface area contributed by atoms with Gasteiger partial charge in [-0.2, -0.15) is 0 Å². The van der Waals surface area contributed by atoms with Crippen LogP contribution in [0.5, 0.6) is 0 Å². The predicted molar refractivity (Wildman–Crippen MR) is 217 cm³/mol. The van der Waals surface area contributed by atoms with Crippen molar-refractivity contribution in [3.05, 3.63) is 205 Å². The zero-order valence-corrected chi connectivity index (χ0v) is 28.7. The van der Waals surface area contributed by atoms with Crippen molar-refractivity contribution in [1.82, 2.24) is 0 Å². The van der Waals surface area contributed by atoms with Crippen LogP contribution in [0.2, 0.25) is 0 Å². The molecule has 1 aliphatic rings. The number of rotatable bonds is 7. The van der Waals surface area contributed by atoms with Gasteiger partial charge in [0.15, 0.2) is 0 Å². The number of hydrogen-bond acceptors (Lipinski definition) is 2. The average Bonchev–Trinajstić information content (AvgIpc) is 3.76. The van der Waals surface area contributed by atoms with E-state index in [9.17, 15) is 0 Å². The molecule has 0 unspecified atom stereocenters. The molecule has 0 aliphatic heterocycles. The number of benzene rings is 5. The Morgan fingerprint density at radius 2 is 1.34 bits per heavy atom. The standard InChI is InChI=1S/C48H36OS/c1-4-34(35-18-8-7-9-19-35)28-32(2)37-21-10-5-6-11-22-38(40-24-14-13-23-39(37)40)33(3)42-30-44-41-25-15-17-27-47(41)50-48(44)31-43(42)46-29-36-20-12-16-26-45(36)49-46/h4,7-31H,1-3,5-6H2/b21-10+,22-11+,34-28+,39-37+,40-38+. The van der Waals surface area contributed by atoms with Crippen molar-refractivity contribution in [3.8, 4) is 11.3 Å². The Kier molecular flexibility index (Phi) is 8.46. The molecule has 0 bridgehead atoms. The van der Waals surface area contributed by atoms with Gasteiger partial charge in [0, 0.05) is 31.1 Å². The summed E-state index contributed by atoms with van der Waals surface area (Å²) in [6.45, 7) is 13.6. The third-order valence-corrected chi connectivity index (χ3v) is 10.6. The highest BCUT2D eigenvalue weighted by molar-refractivity contribution is 7.25. The summed E-state index contributed by atoms with van der Waals surface area (Å²) >= 11 is 1.82. The van der Waals surface area contributed by atoms with Crippen LogP contribution in [0.4, 0.5) is 0 Å². The summed E-state index contributed by atoms with van der Waals surface area (Å²) in [4.78, 5) is 0. The first-order valence-corrected chi connectivity index (χ1v) is 17.8. The van der Waals surface area contributed by atoms with Gasteiger partial charge in [-0.15, -0.1) is 11.3 Å². The summed E-state index contributed by atoms with van der Waals surface area (Å²) < 4.78 is 9.03. The lowest BCUT2D eigenvalue weighted by molar-refractivity contribution is 0.631. The number of furan rings is 1. The molecule has 5 aromatic carbocycles. The molecule has 0 fully saturated rings. The van der Waals surface area contributed by atoms with Gasteiger partial charge >= 0.3 is 0 Å². The van der Waals surface area contributed by atoms with Gasteiger partial charge in [-0.3, -0.25) is 0 Å². The lowest BCUT2D eigenvalue weighted by Gasteiger charge is -2.15. The maximum absolute atomic E-state index is 6.54. The molecular formula is C48H36OS. The Morgan fingerprint density at radius 3 is 2.12 bits per heavy atom. The van der Waals surface area contributed by atoms with Gasteiger partial charge in [-0.25, -0.2) is 0 Å². The van der Waals surface area contributed by atoms with Crippen LogP contribution in [-0.2, 0) is 0 Å². The number of fused-ring (bicyclic) bond motifs is 5. The Bertz CT molecular complexity index is 2650. The molecule has 0 N–H and O–H groups in total. The van der Waals surface area contributed by atoms with E-state index < -0.39 is 0 Å². The summed E-state index contributed by atoms with van der Waals surface area (Å²) in [5, 5.41) is 5.78. The largest absolute Gasteiger partial charge is 0.456 e. The maximum Gasteiger partial charge on any atom is 0.136 e. The fraction of sp³-hybridized carbons (Fsp3) is 0.0417. The minimum Gasteiger partial charge on any atom is -0.456 e. The van der Waals surface area contributed by atoms with Crippen molar-refractivity contribution in [2.75, 3.05) is 0 Å². The van der Waals surface area contributed by atoms with E-state index in [0.717, 1.165) is 84.6 Å². The van der Waals surface area contributed by atoms with E-state index >= 15 is 0 Å². The third-order valence-electron chi connectivity index (χ3n) is 9.44. The van der Waals surface area contributed by atoms with E-state index in [1.54, 1.807) is 0 Å². The first-order chi connectivity index (χ1) is 24.6. The van der Waals surface area contributed by atoms with Gasteiger partial charge in [0.05, 0.1) is 0 Å². The molecule has 0 saturated heterocycles. The summed E-state index contributed by atoms with van der Waals surface area (Å²) in [6, 6.07) is 42.6. The van der Waals surface area contributed by atoms with Crippen molar-refractivity contribution in [2.45, 2.75) is 12.8 Å². The number of para-hydroxylation sites is 1. The molecular weight excluding hydrogens is 625 g/mol. The number of allylic oxidation sites excluding steroid dienone is 9. The molecule has 240 valence electrons. The minimum atomic E-state index is 0.839. The summed E-state index contributed by atoms with van der Waals surface area (Å²) in [5.41, 5.74) is 9.14. The van der Waals surface area contributed by atoms with Gasteiger partial charge in [-0.1, -0.05) is 141 Å².